The minimum absolute atomic E-state index is 0.323. The first-order chi connectivity index (χ1) is 7.24. The summed E-state index contributed by atoms with van der Waals surface area (Å²) in [6.07, 6.45) is 9.09. The van der Waals surface area contributed by atoms with Gasteiger partial charge in [0, 0.05) is 18.7 Å². The number of hydrogen-bond acceptors (Lipinski definition) is 2. The van der Waals surface area contributed by atoms with Crippen LogP contribution < -0.4 is 5.32 Å². The zero-order valence-electron chi connectivity index (χ0n) is 10.3. The van der Waals surface area contributed by atoms with Crippen molar-refractivity contribution in [2.24, 2.45) is 5.92 Å². The molecule has 15 heavy (non-hydrogen) atoms. The molecule has 2 atom stereocenters. The molecule has 2 N–H and O–H groups in total. The zero-order chi connectivity index (χ0) is 11.1. The van der Waals surface area contributed by atoms with Crippen LogP contribution in [-0.2, 0) is 0 Å². The third kappa shape index (κ3) is 4.98. The highest BCUT2D eigenvalue weighted by molar-refractivity contribution is 4.78. The molecule has 0 heterocycles. The van der Waals surface area contributed by atoms with Crippen LogP contribution in [0.4, 0.5) is 0 Å². The maximum atomic E-state index is 8.77. The van der Waals surface area contributed by atoms with Gasteiger partial charge in [-0.05, 0) is 45.4 Å². The lowest BCUT2D eigenvalue weighted by molar-refractivity contribution is 0.247. The van der Waals surface area contributed by atoms with Crippen LogP contribution in [0.25, 0.3) is 0 Å². The predicted molar refractivity (Wildman–Crippen MR) is 65.0 cm³/mol. The lowest BCUT2D eigenvalue weighted by atomic mass is 9.84. The quantitative estimate of drug-likeness (QED) is 0.711. The van der Waals surface area contributed by atoms with E-state index in [1.54, 1.807) is 0 Å². The zero-order valence-corrected chi connectivity index (χ0v) is 10.3. The molecule has 1 aliphatic rings. The molecule has 0 aromatic heterocycles. The second kappa shape index (κ2) is 7.24. The van der Waals surface area contributed by atoms with Gasteiger partial charge < -0.3 is 10.4 Å². The maximum absolute atomic E-state index is 8.77. The third-order valence-corrected chi connectivity index (χ3v) is 3.70. The molecule has 0 bridgehead atoms. The lowest BCUT2D eigenvalue weighted by Crippen LogP contribution is -2.40. The van der Waals surface area contributed by atoms with E-state index in [0.29, 0.717) is 18.7 Å². The SMILES string of the molecule is CC(CCCO)NC(C)C1CCCCC1. The summed E-state index contributed by atoms with van der Waals surface area (Å²) in [6.45, 7) is 4.88. The molecule has 0 saturated heterocycles. The molecule has 2 unspecified atom stereocenters. The summed E-state index contributed by atoms with van der Waals surface area (Å²) in [7, 11) is 0. The van der Waals surface area contributed by atoms with Crippen molar-refractivity contribution >= 4 is 0 Å². The minimum atomic E-state index is 0.323. The predicted octanol–water partition coefficient (Wildman–Crippen LogP) is 2.71. The number of rotatable bonds is 6. The Morgan fingerprint density at radius 1 is 1.20 bits per heavy atom. The van der Waals surface area contributed by atoms with Crippen molar-refractivity contribution < 1.29 is 5.11 Å². The Bertz CT molecular complexity index is 155. The summed E-state index contributed by atoms with van der Waals surface area (Å²) in [5, 5.41) is 12.4. The molecular weight excluding hydrogens is 186 g/mol. The van der Waals surface area contributed by atoms with Crippen LogP contribution in [0, 0.1) is 5.92 Å². The smallest absolute Gasteiger partial charge is 0.0431 e. The molecule has 1 aliphatic carbocycles. The van der Waals surface area contributed by atoms with Gasteiger partial charge in [-0.3, -0.25) is 0 Å². The van der Waals surface area contributed by atoms with Crippen LogP contribution in [0.2, 0.25) is 0 Å². The molecular formula is C13H27NO. The summed E-state index contributed by atoms with van der Waals surface area (Å²) in [6, 6.07) is 1.20. The molecule has 2 nitrogen and oxygen atoms in total. The number of aliphatic hydroxyl groups excluding tert-OH is 1. The highest BCUT2D eigenvalue weighted by Gasteiger charge is 2.20. The highest BCUT2D eigenvalue weighted by Crippen LogP contribution is 2.26. The Morgan fingerprint density at radius 3 is 2.47 bits per heavy atom. The molecule has 0 aliphatic heterocycles. The monoisotopic (exact) mass is 213 g/mol. The molecule has 0 spiro atoms. The number of hydrogen-bond donors (Lipinski definition) is 2. The molecule has 1 rings (SSSR count). The van der Waals surface area contributed by atoms with E-state index in [9.17, 15) is 0 Å². The molecule has 2 heteroatoms. The average Bonchev–Trinajstić information content (AvgIpc) is 2.27. The van der Waals surface area contributed by atoms with Crippen LogP contribution in [0.15, 0.2) is 0 Å². The van der Waals surface area contributed by atoms with Gasteiger partial charge in [0.25, 0.3) is 0 Å². The summed E-state index contributed by atoms with van der Waals surface area (Å²) in [4.78, 5) is 0. The second-order valence-corrected chi connectivity index (χ2v) is 5.12. The Morgan fingerprint density at radius 2 is 1.87 bits per heavy atom. The molecule has 0 aromatic rings. The van der Waals surface area contributed by atoms with Crippen molar-refractivity contribution in [2.45, 2.75) is 70.9 Å². The van der Waals surface area contributed by atoms with E-state index < -0.39 is 0 Å². The van der Waals surface area contributed by atoms with Crippen molar-refractivity contribution in [3.8, 4) is 0 Å². The van der Waals surface area contributed by atoms with Gasteiger partial charge in [-0.2, -0.15) is 0 Å². The van der Waals surface area contributed by atoms with Crippen LogP contribution in [-0.4, -0.2) is 23.8 Å². The van der Waals surface area contributed by atoms with E-state index in [4.69, 9.17) is 5.11 Å². The molecule has 0 radical (unpaired) electrons. The Labute approximate surface area is 94.5 Å². The van der Waals surface area contributed by atoms with Crippen molar-refractivity contribution in [1.29, 1.82) is 0 Å². The third-order valence-electron chi connectivity index (χ3n) is 3.70. The fraction of sp³-hybridized carbons (Fsp3) is 1.00. The van der Waals surface area contributed by atoms with E-state index >= 15 is 0 Å². The molecule has 90 valence electrons. The number of nitrogens with one attached hydrogen (secondary N) is 1. The van der Waals surface area contributed by atoms with Crippen molar-refractivity contribution in [3.05, 3.63) is 0 Å². The van der Waals surface area contributed by atoms with E-state index in [1.807, 2.05) is 0 Å². The summed E-state index contributed by atoms with van der Waals surface area (Å²) in [5.74, 6) is 0.885. The summed E-state index contributed by atoms with van der Waals surface area (Å²) < 4.78 is 0. The van der Waals surface area contributed by atoms with Gasteiger partial charge in [-0.1, -0.05) is 19.3 Å². The lowest BCUT2D eigenvalue weighted by Gasteiger charge is -2.30. The largest absolute Gasteiger partial charge is 0.396 e. The molecule has 1 saturated carbocycles. The fourth-order valence-corrected chi connectivity index (χ4v) is 2.70. The van der Waals surface area contributed by atoms with Gasteiger partial charge >= 0.3 is 0 Å². The Kier molecular flexibility index (Phi) is 6.26. The first-order valence-electron chi connectivity index (χ1n) is 6.61. The van der Waals surface area contributed by atoms with Crippen LogP contribution >= 0.6 is 0 Å². The van der Waals surface area contributed by atoms with Crippen molar-refractivity contribution in [3.63, 3.8) is 0 Å². The van der Waals surface area contributed by atoms with Gasteiger partial charge in [0.15, 0.2) is 0 Å². The maximum Gasteiger partial charge on any atom is 0.0431 e. The normalized spacial score (nSPS) is 22.6. The topological polar surface area (TPSA) is 32.3 Å². The van der Waals surface area contributed by atoms with E-state index in [0.717, 1.165) is 18.8 Å². The highest BCUT2D eigenvalue weighted by atomic mass is 16.2. The standard InChI is InChI=1S/C13H27NO/c1-11(7-6-10-15)14-12(2)13-8-4-3-5-9-13/h11-15H,3-10H2,1-2H3. The van der Waals surface area contributed by atoms with Crippen molar-refractivity contribution in [2.75, 3.05) is 6.61 Å². The van der Waals surface area contributed by atoms with Gasteiger partial charge in [0.1, 0.15) is 0 Å². The average molecular weight is 213 g/mol. The number of aliphatic hydroxyl groups is 1. The van der Waals surface area contributed by atoms with Crippen LogP contribution in [0.5, 0.6) is 0 Å². The first kappa shape index (κ1) is 13.0. The Balaban J connectivity index is 2.17. The summed E-state index contributed by atoms with van der Waals surface area (Å²) >= 11 is 0. The second-order valence-electron chi connectivity index (χ2n) is 5.12. The minimum Gasteiger partial charge on any atom is -0.396 e. The van der Waals surface area contributed by atoms with Gasteiger partial charge in [-0.25, -0.2) is 0 Å². The summed E-state index contributed by atoms with van der Waals surface area (Å²) in [5.41, 5.74) is 0. The van der Waals surface area contributed by atoms with Crippen LogP contribution in [0.3, 0.4) is 0 Å². The Hall–Kier alpha value is -0.0800. The van der Waals surface area contributed by atoms with Gasteiger partial charge in [0.05, 0.1) is 0 Å². The van der Waals surface area contributed by atoms with E-state index in [1.165, 1.54) is 32.1 Å². The van der Waals surface area contributed by atoms with E-state index in [-0.39, 0.29) is 0 Å². The molecule has 1 fully saturated rings. The fourth-order valence-electron chi connectivity index (χ4n) is 2.70. The molecule has 0 aromatic carbocycles. The van der Waals surface area contributed by atoms with Gasteiger partial charge in [0.2, 0.25) is 0 Å². The molecule has 0 amide bonds. The first-order valence-corrected chi connectivity index (χ1v) is 6.61. The van der Waals surface area contributed by atoms with Crippen molar-refractivity contribution in [1.82, 2.24) is 5.32 Å². The van der Waals surface area contributed by atoms with Gasteiger partial charge in [-0.15, -0.1) is 0 Å². The van der Waals surface area contributed by atoms with E-state index in [2.05, 4.69) is 19.2 Å². The van der Waals surface area contributed by atoms with Crippen LogP contribution in [0.1, 0.15) is 58.8 Å².